The number of nitrogens with one attached hydrogen (secondary N) is 2. The third-order valence-corrected chi connectivity index (χ3v) is 6.58. The number of nitrogens with zero attached hydrogens (tertiary/aromatic N) is 6. The summed E-state index contributed by atoms with van der Waals surface area (Å²) in [6.45, 7) is 3.49. The van der Waals surface area contributed by atoms with Crippen molar-refractivity contribution >= 4 is 11.6 Å². The van der Waals surface area contributed by atoms with Crippen LogP contribution in [0.1, 0.15) is 41.9 Å². The molecule has 194 valence electrons. The number of aromatic amines is 1. The Balaban J connectivity index is 1.32. The minimum absolute atomic E-state index is 0.0168. The maximum absolute atomic E-state index is 13.8. The molecule has 2 aliphatic rings. The molecule has 0 bridgehead atoms. The van der Waals surface area contributed by atoms with Gasteiger partial charge in [-0.15, -0.1) is 0 Å². The average Bonchev–Trinajstić information content (AvgIpc) is 3.61. The van der Waals surface area contributed by atoms with Crippen LogP contribution in [0.25, 0.3) is 11.5 Å². The number of hydrogen-bond donors (Lipinski definition) is 3. The molecule has 0 radical (unpaired) electrons. The highest BCUT2D eigenvalue weighted by Gasteiger charge is 2.28. The normalized spacial score (nSPS) is 21.6. The summed E-state index contributed by atoms with van der Waals surface area (Å²) in [4.78, 5) is 33.0. The molecule has 2 fully saturated rings. The van der Waals surface area contributed by atoms with E-state index >= 15 is 0 Å². The van der Waals surface area contributed by atoms with Crippen LogP contribution in [0.3, 0.4) is 0 Å². The van der Waals surface area contributed by atoms with E-state index in [-0.39, 0.29) is 28.9 Å². The summed E-state index contributed by atoms with van der Waals surface area (Å²) in [5.41, 5.74) is 7.07. The van der Waals surface area contributed by atoms with Crippen LogP contribution in [0.2, 0.25) is 0 Å². The van der Waals surface area contributed by atoms with Gasteiger partial charge in [-0.25, -0.2) is 4.98 Å². The Hall–Kier alpha value is -3.97. The Morgan fingerprint density at radius 2 is 2.00 bits per heavy atom. The van der Waals surface area contributed by atoms with Gasteiger partial charge in [0, 0.05) is 37.7 Å². The molecule has 12 nitrogen and oxygen atoms in total. The minimum Gasteiger partial charge on any atom is -0.443 e. The molecule has 1 aliphatic carbocycles. The largest absolute Gasteiger partial charge is 0.443 e. The Bertz CT molecular complexity index is 1260. The third-order valence-electron chi connectivity index (χ3n) is 6.58. The van der Waals surface area contributed by atoms with Gasteiger partial charge in [-0.1, -0.05) is 0 Å². The summed E-state index contributed by atoms with van der Waals surface area (Å²) in [6, 6.07) is 0.574. The number of morpholine rings is 1. The number of rotatable bonds is 7. The fourth-order valence-electron chi connectivity index (χ4n) is 4.66. The van der Waals surface area contributed by atoms with E-state index in [0.717, 1.165) is 58.2 Å². The van der Waals surface area contributed by atoms with Gasteiger partial charge in [0.05, 0.1) is 37.3 Å². The molecule has 13 heteroatoms. The van der Waals surface area contributed by atoms with E-state index in [0.29, 0.717) is 17.4 Å². The van der Waals surface area contributed by atoms with Gasteiger partial charge < -0.3 is 20.2 Å². The SMILES string of the molecule is N/C=C(/NC(=O)c1coc(-c2cn[nH]c2F)n1)C(=NC1CCC(N2CCOCC2)CC1)c1cnccn1. The molecule has 0 aromatic carbocycles. The zero-order valence-corrected chi connectivity index (χ0v) is 20.1. The van der Waals surface area contributed by atoms with Crippen LogP contribution < -0.4 is 11.1 Å². The summed E-state index contributed by atoms with van der Waals surface area (Å²) in [7, 11) is 0. The second-order valence-corrected chi connectivity index (χ2v) is 8.85. The minimum atomic E-state index is -0.711. The van der Waals surface area contributed by atoms with E-state index in [1.54, 1.807) is 18.6 Å². The summed E-state index contributed by atoms with van der Waals surface area (Å²) in [5, 5.41) is 8.50. The first-order chi connectivity index (χ1) is 18.1. The standard InChI is InChI=1S/C24H28FN9O3/c25-22-17(12-29-33-22)24-32-20(14-37-24)23(35)31-18(11-26)21(19-13-27-5-6-28-19)30-15-1-3-16(4-2-15)34-7-9-36-10-8-34/h5-6,11-16H,1-4,7-10,26H2,(H,29,33)(H,31,35)/b18-11+,30-21?. The van der Waals surface area contributed by atoms with Crippen molar-refractivity contribution in [3.8, 4) is 11.5 Å². The van der Waals surface area contributed by atoms with Crippen molar-refractivity contribution in [1.82, 2.24) is 35.4 Å². The number of H-pyrrole nitrogens is 1. The van der Waals surface area contributed by atoms with Gasteiger partial charge in [-0.05, 0) is 25.7 Å². The van der Waals surface area contributed by atoms with Crippen molar-refractivity contribution in [3.63, 3.8) is 0 Å². The molecule has 0 atom stereocenters. The summed E-state index contributed by atoms with van der Waals surface area (Å²) in [6.07, 6.45) is 12.2. The Morgan fingerprint density at radius 3 is 2.68 bits per heavy atom. The molecule has 5 rings (SSSR count). The highest BCUT2D eigenvalue weighted by molar-refractivity contribution is 6.13. The highest BCUT2D eigenvalue weighted by Crippen LogP contribution is 2.27. The van der Waals surface area contributed by atoms with Crippen LogP contribution in [0.5, 0.6) is 0 Å². The molecule has 1 saturated carbocycles. The number of hydrogen-bond acceptors (Lipinski definition) is 10. The first kappa shape index (κ1) is 24.7. The molecule has 37 heavy (non-hydrogen) atoms. The van der Waals surface area contributed by atoms with Crippen molar-refractivity contribution in [2.24, 2.45) is 10.7 Å². The molecule has 0 unspecified atom stereocenters. The summed E-state index contributed by atoms with van der Waals surface area (Å²) in [5.74, 6) is -1.38. The monoisotopic (exact) mass is 509 g/mol. The summed E-state index contributed by atoms with van der Waals surface area (Å²) >= 11 is 0. The topological polar surface area (TPSA) is 160 Å². The van der Waals surface area contributed by atoms with Crippen LogP contribution in [0.4, 0.5) is 4.39 Å². The van der Waals surface area contributed by atoms with E-state index in [1.165, 1.54) is 12.4 Å². The van der Waals surface area contributed by atoms with Gasteiger partial charge in [0.15, 0.2) is 5.69 Å². The maximum atomic E-state index is 13.8. The number of aliphatic imine (C=N–C) groups is 1. The second-order valence-electron chi connectivity index (χ2n) is 8.85. The predicted molar refractivity (Wildman–Crippen MR) is 131 cm³/mol. The highest BCUT2D eigenvalue weighted by atomic mass is 19.1. The molecular weight excluding hydrogens is 481 g/mol. The predicted octanol–water partition coefficient (Wildman–Crippen LogP) is 1.66. The molecule has 1 amide bonds. The van der Waals surface area contributed by atoms with Gasteiger partial charge in [0.2, 0.25) is 11.8 Å². The van der Waals surface area contributed by atoms with Crippen LogP contribution in [-0.2, 0) is 4.74 Å². The number of aromatic nitrogens is 5. The summed E-state index contributed by atoms with van der Waals surface area (Å²) < 4.78 is 24.5. The first-order valence-electron chi connectivity index (χ1n) is 12.2. The van der Waals surface area contributed by atoms with Crippen molar-refractivity contribution in [2.45, 2.75) is 37.8 Å². The van der Waals surface area contributed by atoms with E-state index in [9.17, 15) is 9.18 Å². The molecule has 1 saturated heterocycles. The molecule has 3 aromatic rings. The smallest absolute Gasteiger partial charge is 0.277 e. The number of ether oxygens (including phenoxy) is 1. The van der Waals surface area contributed by atoms with Crippen LogP contribution >= 0.6 is 0 Å². The first-order valence-corrected chi connectivity index (χ1v) is 12.2. The van der Waals surface area contributed by atoms with E-state index in [4.69, 9.17) is 19.9 Å². The van der Waals surface area contributed by atoms with Gasteiger partial charge in [-0.2, -0.15) is 9.49 Å². The molecule has 4 N–H and O–H groups in total. The quantitative estimate of drug-likeness (QED) is 0.402. The second kappa shape index (κ2) is 11.4. The number of nitrogens with two attached hydrogens (primary N) is 1. The van der Waals surface area contributed by atoms with E-state index in [2.05, 4.69) is 35.4 Å². The number of carbonyl (C=O) groups is 1. The van der Waals surface area contributed by atoms with Gasteiger partial charge >= 0.3 is 0 Å². The lowest BCUT2D eigenvalue weighted by Crippen LogP contribution is -2.45. The van der Waals surface area contributed by atoms with Crippen molar-refractivity contribution in [3.05, 3.63) is 60.3 Å². The lowest BCUT2D eigenvalue weighted by atomic mass is 9.90. The molecule has 4 heterocycles. The van der Waals surface area contributed by atoms with Gasteiger partial charge in [0.25, 0.3) is 5.91 Å². The zero-order valence-electron chi connectivity index (χ0n) is 20.1. The fraction of sp³-hybridized carbons (Fsp3) is 0.417. The number of oxazole rings is 1. The van der Waals surface area contributed by atoms with Crippen LogP contribution in [0.15, 0.2) is 52.4 Å². The molecule has 0 spiro atoms. The Labute approximate surface area is 212 Å². The zero-order chi connectivity index (χ0) is 25.6. The lowest BCUT2D eigenvalue weighted by molar-refractivity contribution is 0.00754. The van der Waals surface area contributed by atoms with E-state index in [1.807, 2.05) is 0 Å². The number of carbonyl (C=O) groups excluding carboxylic acids is 1. The third kappa shape index (κ3) is 5.73. The maximum Gasteiger partial charge on any atom is 0.277 e. The number of allylic oxidation sites excluding steroid dienone is 1. The van der Waals surface area contributed by atoms with Gasteiger partial charge in [-0.3, -0.25) is 29.8 Å². The molecule has 1 aliphatic heterocycles. The van der Waals surface area contributed by atoms with Crippen LogP contribution in [0, 0.1) is 5.95 Å². The number of halogens is 1. The molecule has 3 aromatic heterocycles. The van der Waals surface area contributed by atoms with Crippen molar-refractivity contribution in [1.29, 1.82) is 0 Å². The Morgan fingerprint density at radius 1 is 1.19 bits per heavy atom. The number of amides is 1. The Kier molecular flexibility index (Phi) is 7.61. The average molecular weight is 510 g/mol. The van der Waals surface area contributed by atoms with Crippen molar-refractivity contribution < 1.29 is 18.3 Å². The van der Waals surface area contributed by atoms with E-state index < -0.39 is 11.9 Å². The lowest BCUT2D eigenvalue weighted by Gasteiger charge is -2.38. The van der Waals surface area contributed by atoms with Crippen molar-refractivity contribution in [2.75, 3.05) is 26.3 Å². The van der Waals surface area contributed by atoms with Crippen LogP contribution in [-0.4, -0.2) is 80.1 Å². The molecular formula is C24H28FN9O3. The fourth-order valence-corrected chi connectivity index (χ4v) is 4.66. The van der Waals surface area contributed by atoms with Gasteiger partial charge in [0.1, 0.15) is 23.2 Å².